The molecule has 0 aromatic carbocycles. The van der Waals surface area contributed by atoms with Crippen LogP contribution in [0.5, 0.6) is 0 Å². The number of nitrogens with two attached hydrogens (primary N) is 2. The summed E-state index contributed by atoms with van der Waals surface area (Å²) in [5, 5.41) is 0. The van der Waals surface area contributed by atoms with Crippen molar-refractivity contribution in [1.82, 2.24) is 9.55 Å². The Morgan fingerprint density at radius 1 is 1.62 bits per heavy atom. The largest absolute Gasteiger partial charge is 0.369 e. The van der Waals surface area contributed by atoms with E-state index in [4.69, 9.17) is 11.5 Å². The molecule has 0 bridgehead atoms. The summed E-state index contributed by atoms with van der Waals surface area (Å²) in [7, 11) is 0. The standard InChI is InChI=1S/C11H20N4O/c1-4-8(12)9-5-14-7-15(9)6-11(2,3)10(13)16/h5,7-8H,4,6,12H2,1-3H3,(H2,13,16)/t8-/m1/s1. The molecule has 5 nitrogen and oxygen atoms in total. The zero-order valence-corrected chi connectivity index (χ0v) is 10.1. The van der Waals surface area contributed by atoms with Crippen LogP contribution in [-0.2, 0) is 11.3 Å². The monoisotopic (exact) mass is 224 g/mol. The minimum absolute atomic E-state index is 0.0498. The Morgan fingerprint density at radius 3 is 2.75 bits per heavy atom. The number of rotatable bonds is 5. The molecule has 0 saturated carbocycles. The maximum Gasteiger partial charge on any atom is 0.224 e. The molecule has 1 rings (SSSR count). The van der Waals surface area contributed by atoms with Gasteiger partial charge in [-0.3, -0.25) is 4.79 Å². The van der Waals surface area contributed by atoms with Crippen LogP contribution in [0.2, 0.25) is 0 Å². The van der Waals surface area contributed by atoms with Crippen LogP contribution in [0.3, 0.4) is 0 Å². The van der Waals surface area contributed by atoms with Crippen molar-refractivity contribution < 1.29 is 4.79 Å². The Labute approximate surface area is 95.8 Å². The van der Waals surface area contributed by atoms with Crippen LogP contribution >= 0.6 is 0 Å². The molecule has 0 aliphatic heterocycles. The van der Waals surface area contributed by atoms with Crippen LogP contribution < -0.4 is 11.5 Å². The van der Waals surface area contributed by atoms with Gasteiger partial charge in [-0.05, 0) is 20.3 Å². The molecule has 1 heterocycles. The summed E-state index contributed by atoms with van der Waals surface area (Å²) in [6, 6.07) is -0.0498. The van der Waals surface area contributed by atoms with Crippen molar-refractivity contribution in [3.8, 4) is 0 Å². The minimum atomic E-state index is -0.594. The van der Waals surface area contributed by atoms with Gasteiger partial charge in [0.15, 0.2) is 0 Å². The average molecular weight is 224 g/mol. The zero-order chi connectivity index (χ0) is 12.3. The molecule has 0 fully saturated rings. The predicted octanol–water partition coefficient (Wildman–Crippen LogP) is 0.804. The first-order chi connectivity index (χ1) is 7.38. The summed E-state index contributed by atoms with van der Waals surface area (Å²) in [4.78, 5) is 15.3. The topological polar surface area (TPSA) is 86.9 Å². The number of amides is 1. The zero-order valence-electron chi connectivity index (χ0n) is 10.1. The number of carbonyl (C=O) groups excluding carboxylic acids is 1. The van der Waals surface area contributed by atoms with Crippen molar-refractivity contribution >= 4 is 5.91 Å². The predicted molar refractivity (Wildman–Crippen MR) is 62.4 cm³/mol. The molecule has 4 N–H and O–H groups in total. The summed E-state index contributed by atoms with van der Waals surface area (Å²) >= 11 is 0. The van der Waals surface area contributed by atoms with Crippen LogP contribution in [0.1, 0.15) is 38.9 Å². The van der Waals surface area contributed by atoms with Gasteiger partial charge in [0, 0.05) is 18.8 Å². The Balaban J connectivity index is 2.90. The van der Waals surface area contributed by atoms with E-state index in [1.807, 2.05) is 25.3 Å². The fourth-order valence-electron chi connectivity index (χ4n) is 1.48. The molecule has 1 aromatic heterocycles. The minimum Gasteiger partial charge on any atom is -0.369 e. The van der Waals surface area contributed by atoms with Gasteiger partial charge in [0.05, 0.1) is 17.4 Å². The third-order valence-electron chi connectivity index (χ3n) is 2.80. The highest BCUT2D eigenvalue weighted by molar-refractivity contribution is 5.79. The second kappa shape index (κ2) is 4.65. The first-order valence-corrected chi connectivity index (χ1v) is 5.44. The van der Waals surface area contributed by atoms with Crippen molar-refractivity contribution in [3.63, 3.8) is 0 Å². The molecule has 0 spiro atoms. The summed E-state index contributed by atoms with van der Waals surface area (Å²) in [5.41, 5.74) is 11.6. The lowest BCUT2D eigenvalue weighted by Gasteiger charge is -2.23. The SMILES string of the molecule is CC[C@@H](N)c1cncn1CC(C)(C)C(N)=O. The van der Waals surface area contributed by atoms with E-state index >= 15 is 0 Å². The summed E-state index contributed by atoms with van der Waals surface area (Å²) in [6.07, 6.45) is 4.27. The number of hydrogen-bond donors (Lipinski definition) is 2. The highest BCUT2D eigenvalue weighted by atomic mass is 16.1. The fraction of sp³-hybridized carbons (Fsp3) is 0.636. The Hall–Kier alpha value is -1.36. The molecule has 0 unspecified atom stereocenters. The van der Waals surface area contributed by atoms with Gasteiger partial charge in [-0.2, -0.15) is 0 Å². The van der Waals surface area contributed by atoms with Gasteiger partial charge in [0.2, 0.25) is 5.91 Å². The summed E-state index contributed by atoms with van der Waals surface area (Å²) < 4.78 is 1.90. The Kier molecular flexibility index (Phi) is 3.70. The first-order valence-electron chi connectivity index (χ1n) is 5.44. The van der Waals surface area contributed by atoms with Crippen LogP contribution in [-0.4, -0.2) is 15.5 Å². The fourth-order valence-corrected chi connectivity index (χ4v) is 1.48. The van der Waals surface area contributed by atoms with Gasteiger partial charge in [-0.1, -0.05) is 6.92 Å². The van der Waals surface area contributed by atoms with Gasteiger partial charge < -0.3 is 16.0 Å². The van der Waals surface area contributed by atoms with E-state index in [1.54, 1.807) is 12.5 Å². The normalized spacial score (nSPS) is 13.8. The summed E-state index contributed by atoms with van der Waals surface area (Å²) in [6.45, 7) is 6.15. The third-order valence-corrected chi connectivity index (χ3v) is 2.80. The molecular weight excluding hydrogens is 204 g/mol. The second-order valence-electron chi connectivity index (χ2n) is 4.71. The van der Waals surface area contributed by atoms with Crippen LogP contribution in [0.25, 0.3) is 0 Å². The van der Waals surface area contributed by atoms with E-state index < -0.39 is 5.41 Å². The van der Waals surface area contributed by atoms with Crippen molar-refractivity contribution in [2.45, 2.75) is 39.8 Å². The molecule has 5 heteroatoms. The van der Waals surface area contributed by atoms with E-state index in [0.29, 0.717) is 6.54 Å². The number of hydrogen-bond acceptors (Lipinski definition) is 3. The molecule has 90 valence electrons. The van der Waals surface area contributed by atoms with Crippen LogP contribution in [0.15, 0.2) is 12.5 Å². The van der Waals surface area contributed by atoms with Crippen molar-refractivity contribution in [3.05, 3.63) is 18.2 Å². The number of aromatic nitrogens is 2. The number of imidazole rings is 1. The molecule has 1 atom stereocenters. The first kappa shape index (κ1) is 12.7. The average Bonchev–Trinajstić information content (AvgIpc) is 2.63. The molecule has 0 aliphatic carbocycles. The number of carbonyl (C=O) groups is 1. The van der Waals surface area contributed by atoms with Crippen LogP contribution in [0, 0.1) is 5.41 Å². The van der Waals surface area contributed by atoms with Gasteiger partial charge in [-0.25, -0.2) is 4.98 Å². The highest BCUT2D eigenvalue weighted by Gasteiger charge is 2.26. The van der Waals surface area contributed by atoms with Crippen molar-refractivity contribution in [2.24, 2.45) is 16.9 Å². The second-order valence-corrected chi connectivity index (χ2v) is 4.71. The van der Waals surface area contributed by atoms with Gasteiger partial charge in [0.1, 0.15) is 0 Å². The number of nitrogens with zero attached hydrogens (tertiary/aromatic N) is 2. The van der Waals surface area contributed by atoms with E-state index in [9.17, 15) is 4.79 Å². The van der Waals surface area contributed by atoms with Gasteiger partial charge >= 0.3 is 0 Å². The molecular formula is C11H20N4O. The van der Waals surface area contributed by atoms with E-state index in [2.05, 4.69) is 4.98 Å². The molecule has 0 saturated heterocycles. The Bertz CT molecular complexity index is 370. The Morgan fingerprint density at radius 2 is 2.25 bits per heavy atom. The lowest BCUT2D eigenvalue weighted by atomic mass is 9.92. The van der Waals surface area contributed by atoms with Gasteiger partial charge in [-0.15, -0.1) is 0 Å². The highest BCUT2D eigenvalue weighted by Crippen LogP contribution is 2.21. The third kappa shape index (κ3) is 2.61. The van der Waals surface area contributed by atoms with E-state index in [1.165, 1.54) is 0 Å². The maximum absolute atomic E-state index is 11.3. The lowest BCUT2D eigenvalue weighted by molar-refractivity contribution is -0.126. The van der Waals surface area contributed by atoms with Crippen LogP contribution in [0.4, 0.5) is 0 Å². The lowest BCUT2D eigenvalue weighted by Crippen LogP contribution is -2.36. The van der Waals surface area contributed by atoms with Crippen molar-refractivity contribution in [1.29, 1.82) is 0 Å². The smallest absolute Gasteiger partial charge is 0.224 e. The van der Waals surface area contributed by atoms with Crippen molar-refractivity contribution in [2.75, 3.05) is 0 Å². The molecule has 1 aromatic rings. The number of primary amides is 1. The molecule has 16 heavy (non-hydrogen) atoms. The van der Waals surface area contributed by atoms with Gasteiger partial charge in [0.25, 0.3) is 0 Å². The summed E-state index contributed by atoms with van der Waals surface area (Å²) in [5.74, 6) is -0.322. The maximum atomic E-state index is 11.3. The molecule has 1 amide bonds. The van der Waals surface area contributed by atoms with E-state index in [0.717, 1.165) is 12.1 Å². The molecule has 0 aliphatic rings. The quantitative estimate of drug-likeness (QED) is 0.775. The molecule has 0 radical (unpaired) electrons. The van der Waals surface area contributed by atoms with E-state index in [-0.39, 0.29) is 11.9 Å².